The van der Waals surface area contributed by atoms with Gasteiger partial charge in [-0.2, -0.15) is 4.31 Å². The SMILES string of the molecule is Cc1sc(Cl)nc1C(=O)NCc1ccc(S(=O)(=O)N2CCCCC2)s1. The molecule has 25 heavy (non-hydrogen) atoms. The Bertz CT molecular complexity index is 870. The van der Waals surface area contributed by atoms with E-state index in [2.05, 4.69) is 10.3 Å². The Hall–Kier alpha value is -1.00. The second-order valence-electron chi connectivity index (χ2n) is 5.74. The number of sulfonamides is 1. The number of carbonyl (C=O) groups is 1. The van der Waals surface area contributed by atoms with E-state index in [1.54, 1.807) is 23.4 Å². The average molecular weight is 420 g/mol. The van der Waals surface area contributed by atoms with Crippen molar-refractivity contribution in [1.82, 2.24) is 14.6 Å². The van der Waals surface area contributed by atoms with Crippen LogP contribution in [-0.2, 0) is 16.6 Å². The lowest BCUT2D eigenvalue weighted by Gasteiger charge is -2.25. The molecule has 136 valence electrons. The van der Waals surface area contributed by atoms with Gasteiger partial charge in [-0.15, -0.1) is 22.7 Å². The minimum absolute atomic E-state index is 0.258. The van der Waals surface area contributed by atoms with Crippen molar-refractivity contribution < 1.29 is 13.2 Å². The predicted octanol–water partition coefficient (Wildman–Crippen LogP) is 3.27. The van der Waals surface area contributed by atoms with Gasteiger partial charge in [-0.3, -0.25) is 4.79 Å². The second-order valence-corrected chi connectivity index (χ2v) is 10.9. The molecule has 1 N–H and O–H groups in total. The maximum atomic E-state index is 12.6. The van der Waals surface area contributed by atoms with Gasteiger partial charge in [0, 0.05) is 22.8 Å². The van der Waals surface area contributed by atoms with Crippen molar-refractivity contribution in [2.45, 2.75) is 36.9 Å². The summed E-state index contributed by atoms with van der Waals surface area (Å²) in [5, 5.41) is 2.76. The van der Waals surface area contributed by atoms with Gasteiger partial charge in [-0.25, -0.2) is 13.4 Å². The zero-order valence-electron chi connectivity index (χ0n) is 13.6. The van der Waals surface area contributed by atoms with E-state index >= 15 is 0 Å². The van der Waals surface area contributed by atoms with Gasteiger partial charge < -0.3 is 5.32 Å². The number of hydrogen-bond donors (Lipinski definition) is 1. The fourth-order valence-electron chi connectivity index (χ4n) is 2.65. The highest BCUT2D eigenvalue weighted by atomic mass is 35.5. The highest BCUT2D eigenvalue weighted by Crippen LogP contribution is 2.27. The third-order valence-corrected chi connectivity index (χ3v) is 8.48. The van der Waals surface area contributed by atoms with Crippen LogP contribution in [0.25, 0.3) is 0 Å². The number of amides is 1. The van der Waals surface area contributed by atoms with Crippen molar-refractivity contribution in [2.24, 2.45) is 0 Å². The van der Waals surface area contributed by atoms with Gasteiger partial charge in [0.2, 0.25) is 0 Å². The summed E-state index contributed by atoms with van der Waals surface area (Å²) in [7, 11) is -3.42. The van der Waals surface area contributed by atoms with E-state index in [4.69, 9.17) is 11.6 Å². The first-order valence-electron chi connectivity index (χ1n) is 7.88. The molecular formula is C15H18ClN3O3S3. The lowest BCUT2D eigenvalue weighted by molar-refractivity contribution is 0.0946. The van der Waals surface area contributed by atoms with Crippen LogP contribution in [0.3, 0.4) is 0 Å². The number of hydrogen-bond acceptors (Lipinski definition) is 6. The Morgan fingerprint density at radius 1 is 1.28 bits per heavy atom. The molecule has 0 saturated carbocycles. The van der Waals surface area contributed by atoms with Gasteiger partial charge in [0.15, 0.2) is 4.47 Å². The van der Waals surface area contributed by atoms with Gasteiger partial charge >= 0.3 is 0 Å². The number of rotatable bonds is 5. The highest BCUT2D eigenvalue weighted by molar-refractivity contribution is 7.91. The molecule has 0 atom stereocenters. The molecule has 1 aliphatic rings. The Morgan fingerprint density at radius 2 is 2.00 bits per heavy atom. The maximum Gasteiger partial charge on any atom is 0.271 e. The quantitative estimate of drug-likeness (QED) is 0.806. The fraction of sp³-hybridized carbons (Fsp3) is 0.467. The largest absolute Gasteiger partial charge is 0.346 e. The molecule has 2 aromatic heterocycles. The summed E-state index contributed by atoms with van der Waals surface area (Å²) >= 11 is 8.26. The van der Waals surface area contributed by atoms with E-state index in [9.17, 15) is 13.2 Å². The number of nitrogens with zero attached hydrogens (tertiary/aromatic N) is 2. The van der Waals surface area contributed by atoms with E-state index < -0.39 is 10.0 Å². The van der Waals surface area contributed by atoms with Crippen LogP contribution in [0, 0.1) is 6.92 Å². The van der Waals surface area contributed by atoms with E-state index in [-0.39, 0.29) is 12.5 Å². The first-order valence-corrected chi connectivity index (χ1v) is 11.3. The molecule has 1 saturated heterocycles. The summed E-state index contributed by atoms with van der Waals surface area (Å²) in [6.45, 7) is 3.20. The third kappa shape index (κ3) is 4.22. The molecule has 0 aromatic carbocycles. The summed E-state index contributed by atoms with van der Waals surface area (Å²) in [6.07, 6.45) is 2.89. The Kier molecular flexibility index (Phi) is 5.79. The molecule has 1 fully saturated rings. The molecule has 3 heterocycles. The number of carbonyl (C=O) groups excluding carboxylic acids is 1. The van der Waals surface area contributed by atoms with Crippen molar-refractivity contribution in [2.75, 3.05) is 13.1 Å². The van der Waals surface area contributed by atoms with Crippen molar-refractivity contribution in [3.05, 3.63) is 32.0 Å². The summed E-state index contributed by atoms with van der Waals surface area (Å²) in [6, 6.07) is 3.35. The highest BCUT2D eigenvalue weighted by Gasteiger charge is 2.27. The molecular weight excluding hydrogens is 402 g/mol. The van der Waals surface area contributed by atoms with Crippen LogP contribution in [0.5, 0.6) is 0 Å². The smallest absolute Gasteiger partial charge is 0.271 e. The number of thiazole rings is 1. The minimum Gasteiger partial charge on any atom is -0.346 e. The van der Waals surface area contributed by atoms with Crippen molar-refractivity contribution in [1.29, 1.82) is 0 Å². The molecule has 3 rings (SSSR count). The first kappa shape index (κ1) is 18.8. The molecule has 0 unspecified atom stereocenters. The minimum atomic E-state index is -3.42. The van der Waals surface area contributed by atoms with Crippen LogP contribution >= 0.6 is 34.3 Å². The van der Waals surface area contributed by atoms with Gasteiger partial charge in [0.05, 0.1) is 6.54 Å². The Labute approximate surface area is 159 Å². The number of piperidine rings is 1. The van der Waals surface area contributed by atoms with E-state index in [1.807, 2.05) is 0 Å². The van der Waals surface area contributed by atoms with Gasteiger partial charge in [-0.05, 0) is 31.9 Å². The third-order valence-electron chi connectivity index (χ3n) is 3.95. The van der Waals surface area contributed by atoms with Crippen LogP contribution in [0.15, 0.2) is 16.3 Å². The molecule has 0 radical (unpaired) electrons. The second kappa shape index (κ2) is 7.71. The van der Waals surface area contributed by atoms with Gasteiger partial charge in [0.1, 0.15) is 9.90 Å². The van der Waals surface area contributed by atoms with Crippen LogP contribution < -0.4 is 5.32 Å². The molecule has 2 aromatic rings. The monoisotopic (exact) mass is 419 g/mol. The molecule has 0 aliphatic carbocycles. The van der Waals surface area contributed by atoms with Crippen LogP contribution in [-0.4, -0.2) is 36.7 Å². The normalized spacial score (nSPS) is 16.1. The van der Waals surface area contributed by atoms with Crippen LogP contribution in [0.2, 0.25) is 4.47 Å². The summed E-state index contributed by atoms with van der Waals surface area (Å²) in [5.41, 5.74) is 0.313. The zero-order valence-corrected chi connectivity index (χ0v) is 16.8. The molecule has 10 heteroatoms. The van der Waals surface area contributed by atoms with Crippen molar-refractivity contribution in [3.8, 4) is 0 Å². The number of thiophene rings is 1. The van der Waals surface area contributed by atoms with E-state index in [1.165, 1.54) is 22.7 Å². The predicted molar refractivity (Wildman–Crippen MR) is 100.0 cm³/mol. The van der Waals surface area contributed by atoms with E-state index in [0.717, 1.165) is 29.0 Å². The molecule has 1 aliphatic heterocycles. The standard InChI is InChI=1S/C15H18ClN3O3S3/c1-10-13(18-15(16)23-10)14(20)17-9-11-5-6-12(24-11)25(21,22)19-7-3-2-4-8-19/h5-6H,2-4,7-9H2,1H3,(H,17,20). The molecule has 1 amide bonds. The summed E-state index contributed by atoms with van der Waals surface area (Å²) in [5.74, 6) is -0.311. The van der Waals surface area contributed by atoms with Crippen LogP contribution in [0.4, 0.5) is 0 Å². The van der Waals surface area contributed by atoms with Crippen molar-refractivity contribution >= 4 is 50.2 Å². The Balaban J connectivity index is 1.65. The maximum absolute atomic E-state index is 12.6. The molecule has 0 spiro atoms. The van der Waals surface area contributed by atoms with Gasteiger partial charge in [-0.1, -0.05) is 18.0 Å². The van der Waals surface area contributed by atoms with Gasteiger partial charge in [0.25, 0.3) is 15.9 Å². The van der Waals surface area contributed by atoms with Crippen molar-refractivity contribution in [3.63, 3.8) is 0 Å². The number of aryl methyl sites for hydroxylation is 1. The topological polar surface area (TPSA) is 79.4 Å². The number of halogens is 1. The Morgan fingerprint density at radius 3 is 2.64 bits per heavy atom. The molecule has 0 bridgehead atoms. The van der Waals surface area contributed by atoms with E-state index in [0.29, 0.717) is 27.5 Å². The zero-order chi connectivity index (χ0) is 18.0. The average Bonchev–Trinajstić information content (AvgIpc) is 3.20. The number of aromatic nitrogens is 1. The summed E-state index contributed by atoms with van der Waals surface area (Å²) in [4.78, 5) is 17.7. The lowest BCUT2D eigenvalue weighted by Crippen LogP contribution is -2.35. The lowest BCUT2D eigenvalue weighted by atomic mass is 10.2. The summed E-state index contributed by atoms with van der Waals surface area (Å²) < 4.78 is 27.5. The fourth-order valence-corrected chi connectivity index (χ4v) is 6.67. The molecule has 6 nitrogen and oxygen atoms in total. The number of nitrogens with one attached hydrogen (secondary N) is 1. The first-order chi connectivity index (χ1) is 11.9. The van der Waals surface area contributed by atoms with Crippen LogP contribution in [0.1, 0.15) is 39.5 Å².